The van der Waals surface area contributed by atoms with Crippen LogP contribution in [0.3, 0.4) is 0 Å². The molecule has 0 saturated heterocycles. The highest BCUT2D eigenvalue weighted by molar-refractivity contribution is 7.98. The molecule has 33 heavy (non-hydrogen) atoms. The summed E-state index contributed by atoms with van der Waals surface area (Å²) in [5.41, 5.74) is 2.16. The minimum atomic E-state index is -0.665. The van der Waals surface area contributed by atoms with Gasteiger partial charge in [-0.15, -0.1) is 11.8 Å². The molecule has 1 aromatic heterocycles. The summed E-state index contributed by atoms with van der Waals surface area (Å²) in [5.74, 6) is 1.36. The third-order valence-corrected chi connectivity index (χ3v) is 6.46. The number of anilines is 1. The Balaban J connectivity index is 1.66. The second kappa shape index (κ2) is 12.9. The molecule has 0 radical (unpaired) electrons. The van der Waals surface area contributed by atoms with Gasteiger partial charge in [0.2, 0.25) is 5.91 Å². The summed E-state index contributed by atoms with van der Waals surface area (Å²) in [6, 6.07) is 19.8. The van der Waals surface area contributed by atoms with Crippen molar-refractivity contribution in [2.45, 2.75) is 23.2 Å². The van der Waals surface area contributed by atoms with Gasteiger partial charge in [-0.2, -0.15) is 11.8 Å². The largest absolute Gasteiger partial charge is 0.496 e. The minimum absolute atomic E-state index is 0.248. The van der Waals surface area contributed by atoms with Gasteiger partial charge in [0, 0.05) is 17.6 Å². The maximum Gasteiger partial charge on any atom is 0.255 e. The molecule has 2 N–H and O–H groups in total. The molecule has 0 aliphatic heterocycles. The molecule has 8 heteroatoms. The van der Waals surface area contributed by atoms with Gasteiger partial charge in [-0.25, -0.2) is 4.98 Å². The van der Waals surface area contributed by atoms with E-state index in [1.165, 1.54) is 7.11 Å². The van der Waals surface area contributed by atoms with Crippen LogP contribution in [0.2, 0.25) is 0 Å². The van der Waals surface area contributed by atoms with Crippen LogP contribution < -0.4 is 15.4 Å². The van der Waals surface area contributed by atoms with Gasteiger partial charge in [-0.3, -0.25) is 9.59 Å². The molecule has 0 aliphatic rings. The molecule has 2 amide bonds. The van der Waals surface area contributed by atoms with Crippen molar-refractivity contribution in [3.8, 4) is 5.75 Å². The number of nitrogens with one attached hydrogen (secondary N) is 2. The van der Waals surface area contributed by atoms with E-state index >= 15 is 0 Å². The maximum atomic E-state index is 13.0. The minimum Gasteiger partial charge on any atom is -0.496 e. The van der Waals surface area contributed by atoms with E-state index in [-0.39, 0.29) is 11.8 Å². The number of carbonyl (C=O) groups excluding carboxylic acids is 2. The van der Waals surface area contributed by atoms with Crippen molar-refractivity contribution >= 4 is 41.0 Å². The van der Waals surface area contributed by atoms with Crippen LogP contribution >= 0.6 is 23.5 Å². The summed E-state index contributed by atoms with van der Waals surface area (Å²) in [5, 5.41) is 6.77. The molecule has 0 fully saturated rings. The Labute approximate surface area is 202 Å². The smallest absolute Gasteiger partial charge is 0.255 e. The van der Waals surface area contributed by atoms with Crippen LogP contribution in [-0.2, 0) is 10.5 Å². The summed E-state index contributed by atoms with van der Waals surface area (Å²) in [6.07, 6.45) is 4.26. The van der Waals surface area contributed by atoms with Crippen molar-refractivity contribution in [2.24, 2.45) is 0 Å². The Morgan fingerprint density at radius 1 is 1.06 bits per heavy atom. The van der Waals surface area contributed by atoms with Crippen LogP contribution in [0.5, 0.6) is 5.75 Å². The first kappa shape index (κ1) is 24.7. The van der Waals surface area contributed by atoms with Crippen LogP contribution in [0.25, 0.3) is 0 Å². The fourth-order valence-corrected chi connectivity index (χ4v) is 4.41. The van der Waals surface area contributed by atoms with Gasteiger partial charge < -0.3 is 15.4 Å². The van der Waals surface area contributed by atoms with Crippen LogP contribution in [0.4, 0.5) is 5.69 Å². The zero-order valence-corrected chi connectivity index (χ0v) is 20.2. The lowest BCUT2D eigenvalue weighted by Crippen LogP contribution is -2.44. The number of amides is 2. The van der Waals surface area contributed by atoms with Crippen molar-refractivity contribution < 1.29 is 14.3 Å². The van der Waals surface area contributed by atoms with Gasteiger partial charge in [0.05, 0.1) is 17.7 Å². The highest BCUT2D eigenvalue weighted by atomic mass is 32.2. The number of rotatable bonds is 11. The number of pyridine rings is 1. The topological polar surface area (TPSA) is 80.3 Å². The van der Waals surface area contributed by atoms with Gasteiger partial charge in [-0.05, 0) is 60.4 Å². The number of hydrogen-bond acceptors (Lipinski definition) is 6. The number of aromatic nitrogens is 1. The maximum absolute atomic E-state index is 13.0. The number of benzene rings is 2. The molecule has 6 nitrogen and oxygen atoms in total. The highest BCUT2D eigenvalue weighted by Gasteiger charge is 2.23. The van der Waals surface area contributed by atoms with E-state index in [0.29, 0.717) is 23.4 Å². The average molecular weight is 482 g/mol. The number of para-hydroxylation sites is 1. The first-order valence-electron chi connectivity index (χ1n) is 10.5. The number of methoxy groups -OCH3 is 1. The lowest BCUT2D eigenvalue weighted by molar-refractivity contribution is -0.118. The first-order valence-corrected chi connectivity index (χ1v) is 12.8. The summed E-state index contributed by atoms with van der Waals surface area (Å²) < 4.78 is 5.28. The van der Waals surface area contributed by atoms with Gasteiger partial charge in [-0.1, -0.05) is 30.3 Å². The lowest BCUT2D eigenvalue weighted by Gasteiger charge is -2.19. The first-order chi connectivity index (χ1) is 16.1. The number of thioether (sulfide) groups is 2. The van der Waals surface area contributed by atoms with Crippen LogP contribution in [-0.4, -0.2) is 42.0 Å². The predicted octanol–water partition coefficient (Wildman–Crippen LogP) is 4.87. The number of ether oxygens (including phenoxy) is 1. The number of hydrogen-bond donors (Lipinski definition) is 2. The third kappa shape index (κ3) is 7.54. The fraction of sp³-hybridized carbons (Fsp3) is 0.240. The molecule has 0 aliphatic carbocycles. The molecule has 2 aromatic carbocycles. The Morgan fingerprint density at radius 2 is 1.88 bits per heavy atom. The molecule has 3 aromatic rings. The predicted molar refractivity (Wildman–Crippen MR) is 136 cm³/mol. The molecule has 1 heterocycles. The zero-order chi connectivity index (χ0) is 23.5. The molecule has 3 rings (SSSR count). The molecule has 0 spiro atoms. The van der Waals surface area contributed by atoms with E-state index < -0.39 is 6.04 Å². The van der Waals surface area contributed by atoms with Crippen molar-refractivity contribution in [1.29, 1.82) is 0 Å². The van der Waals surface area contributed by atoms with E-state index in [1.54, 1.807) is 54.0 Å². The third-order valence-electron chi connectivity index (χ3n) is 4.80. The Morgan fingerprint density at radius 3 is 2.64 bits per heavy atom. The Kier molecular flexibility index (Phi) is 9.65. The van der Waals surface area contributed by atoms with E-state index in [2.05, 4.69) is 15.6 Å². The van der Waals surface area contributed by atoms with Gasteiger partial charge in [0.15, 0.2) is 0 Å². The Hall–Kier alpha value is -2.97. The molecule has 0 saturated carbocycles. The normalized spacial score (nSPS) is 11.5. The zero-order valence-electron chi connectivity index (χ0n) is 18.6. The van der Waals surface area contributed by atoms with Crippen molar-refractivity contribution in [1.82, 2.24) is 10.3 Å². The van der Waals surface area contributed by atoms with E-state index in [9.17, 15) is 9.59 Å². The van der Waals surface area contributed by atoms with Gasteiger partial charge in [0.25, 0.3) is 5.91 Å². The van der Waals surface area contributed by atoms with Crippen molar-refractivity contribution in [3.05, 3.63) is 84.1 Å². The van der Waals surface area contributed by atoms with Crippen molar-refractivity contribution in [2.75, 3.05) is 24.4 Å². The van der Waals surface area contributed by atoms with Gasteiger partial charge in [0.1, 0.15) is 11.8 Å². The number of nitrogens with zero attached hydrogens (tertiary/aromatic N) is 1. The second-order valence-electron chi connectivity index (χ2n) is 7.15. The van der Waals surface area contributed by atoms with Crippen LogP contribution in [0.15, 0.2) is 78.0 Å². The SMILES string of the molecule is COc1ccccc1C(=O)NC(CCSC)C(=O)Nc1cccc(CSc2ccccn2)c1. The van der Waals surface area contributed by atoms with Crippen LogP contribution in [0.1, 0.15) is 22.3 Å². The van der Waals surface area contributed by atoms with E-state index in [0.717, 1.165) is 22.1 Å². The molecule has 0 bridgehead atoms. The van der Waals surface area contributed by atoms with E-state index in [4.69, 9.17) is 4.74 Å². The summed E-state index contributed by atoms with van der Waals surface area (Å²) in [6.45, 7) is 0. The summed E-state index contributed by atoms with van der Waals surface area (Å²) in [4.78, 5) is 30.2. The lowest BCUT2D eigenvalue weighted by atomic mass is 10.1. The molecule has 1 unspecified atom stereocenters. The van der Waals surface area contributed by atoms with Crippen LogP contribution in [0, 0.1) is 0 Å². The molecule has 1 atom stereocenters. The van der Waals surface area contributed by atoms with E-state index in [1.807, 2.05) is 48.7 Å². The number of carbonyl (C=O) groups is 2. The molecular weight excluding hydrogens is 454 g/mol. The summed E-state index contributed by atoms with van der Waals surface area (Å²) in [7, 11) is 1.52. The Bertz CT molecular complexity index is 1060. The second-order valence-corrected chi connectivity index (χ2v) is 9.14. The standard InChI is InChI=1S/C25H27N3O3S2/c1-31-22-11-4-3-10-20(22)24(29)28-21(13-15-32-2)25(30)27-19-9-7-8-18(16-19)17-33-23-12-5-6-14-26-23/h3-12,14,16,21H,13,15,17H2,1-2H3,(H,27,30)(H,28,29). The molecular formula is C25H27N3O3S2. The molecule has 172 valence electrons. The monoisotopic (exact) mass is 481 g/mol. The average Bonchev–Trinajstić information content (AvgIpc) is 2.86. The van der Waals surface area contributed by atoms with Crippen molar-refractivity contribution in [3.63, 3.8) is 0 Å². The summed E-state index contributed by atoms with van der Waals surface area (Å²) >= 11 is 3.26. The van der Waals surface area contributed by atoms with Gasteiger partial charge >= 0.3 is 0 Å². The fourth-order valence-electron chi connectivity index (χ4n) is 3.13. The quantitative estimate of drug-likeness (QED) is 0.380. The highest BCUT2D eigenvalue weighted by Crippen LogP contribution is 2.22.